The smallest absolute Gasteiger partial charge is 0.416 e. The highest BCUT2D eigenvalue weighted by molar-refractivity contribution is 6.32. The monoisotopic (exact) mass is 391 g/mol. The van der Waals surface area contributed by atoms with E-state index in [-0.39, 0.29) is 22.9 Å². The summed E-state index contributed by atoms with van der Waals surface area (Å²) < 4.78 is 38.8. The Kier molecular flexibility index (Phi) is 6.55. The Bertz CT molecular complexity index is 672. The van der Waals surface area contributed by atoms with Gasteiger partial charge in [0, 0.05) is 18.0 Å². The maximum absolute atomic E-state index is 12.9. The lowest BCUT2D eigenvalue weighted by molar-refractivity contribution is -0.138. The van der Waals surface area contributed by atoms with Crippen molar-refractivity contribution in [2.75, 3.05) is 6.54 Å². The predicted molar refractivity (Wildman–Crippen MR) is 91.1 cm³/mol. The number of aliphatic carboxylic acids is 1. The molecule has 0 spiro atoms. The van der Waals surface area contributed by atoms with Gasteiger partial charge < -0.3 is 10.4 Å². The van der Waals surface area contributed by atoms with E-state index in [0.717, 1.165) is 25.0 Å². The van der Waals surface area contributed by atoms with E-state index in [4.69, 9.17) is 16.7 Å². The minimum Gasteiger partial charge on any atom is -0.481 e. The number of carbonyl (C=O) groups is 2. The fraction of sp³-hybridized carbons (Fsp3) is 0.556. The average molecular weight is 392 g/mol. The van der Waals surface area contributed by atoms with Gasteiger partial charge in [-0.25, -0.2) is 0 Å². The van der Waals surface area contributed by atoms with Crippen molar-refractivity contribution in [3.05, 3.63) is 34.3 Å². The maximum atomic E-state index is 12.9. The van der Waals surface area contributed by atoms with Crippen molar-refractivity contribution < 1.29 is 27.9 Å². The van der Waals surface area contributed by atoms with Crippen LogP contribution in [0.2, 0.25) is 5.02 Å². The summed E-state index contributed by atoms with van der Waals surface area (Å²) in [5.74, 6) is -1.13. The zero-order valence-corrected chi connectivity index (χ0v) is 14.9. The Morgan fingerprint density at radius 1 is 1.15 bits per heavy atom. The largest absolute Gasteiger partial charge is 0.481 e. The van der Waals surface area contributed by atoms with Crippen LogP contribution in [-0.2, 0) is 21.2 Å². The molecule has 1 aliphatic carbocycles. The van der Waals surface area contributed by atoms with Gasteiger partial charge in [-0.15, -0.1) is 0 Å². The number of carboxylic acids is 1. The van der Waals surface area contributed by atoms with Crippen LogP contribution in [-0.4, -0.2) is 23.5 Å². The van der Waals surface area contributed by atoms with Crippen molar-refractivity contribution in [1.29, 1.82) is 0 Å². The van der Waals surface area contributed by atoms with Gasteiger partial charge in [0.05, 0.1) is 11.0 Å². The average Bonchev–Trinajstić information content (AvgIpc) is 3.34. The van der Waals surface area contributed by atoms with Gasteiger partial charge >= 0.3 is 12.1 Å². The van der Waals surface area contributed by atoms with E-state index in [1.807, 2.05) is 0 Å². The molecule has 0 bridgehead atoms. The molecule has 0 heterocycles. The highest BCUT2D eigenvalue weighted by Gasteiger charge is 2.52. The first-order valence-corrected chi connectivity index (χ1v) is 8.92. The molecule has 0 aliphatic heterocycles. The fourth-order valence-corrected chi connectivity index (χ4v) is 3.24. The van der Waals surface area contributed by atoms with Gasteiger partial charge in [-0.2, -0.15) is 13.2 Å². The topological polar surface area (TPSA) is 66.4 Å². The number of amides is 1. The van der Waals surface area contributed by atoms with Gasteiger partial charge in [0.15, 0.2) is 0 Å². The maximum Gasteiger partial charge on any atom is 0.416 e. The number of hydrogen-bond acceptors (Lipinski definition) is 2. The standard InChI is InChI=1S/C18H21ClF3NO3/c19-14-7-6-12(18(20,21)22)11-13(14)17(8-9-17)16(26)23-10-4-2-1-3-5-15(24)25/h6-7,11H,1-5,8-10H2,(H,23,26)(H,24,25). The molecule has 0 saturated heterocycles. The molecule has 8 heteroatoms. The van der Waals surface area contributed by atoms with Crippen LogP contribution in [0.3, 0.4) is 0 Å². The molecular weight excluding hydrogens is 371 g/mol. The summed E-state index contributed by atoms with van der Waals surface area (Å²) in [6, 6.07) is 3.08. The third-order valence-corrected chi connectivity index (χ3v) is 4.93. The number of rotatable bonds is 9. The van der Waals surface area contributed by atoms with E-state index in [9.17, 15) is 22.8 Å². The normalized spacial score (nSPS) is 15.5. The van der Waals surface area contributed by atoms with Crippen LogP contribution in [0.1, 0.15) is 56.1 Å². The summed E-state index contributed by atoms with van der Waals surface area (Å²) in [4.78, 5) is 22.9. The van der Waals surface area contributed by atoms with Crippen LogP contribution in [0.4, 0.5) is 13.2 Å². The molecule has 144 valence electrons. The van der Waals surface area contributed by atoms with Crippen LogP contribution in [0.5, 0.6) is 0 Å². The van der Waals surface area contributed by atoms with Crippen LogP contribution in [0.25, 0.3) is 0 Å². The van der Waals surface area contributed by atoms with Gasteiger partial charge in [-0.05, 0) is 49.4 Å². The van der Waals surface area contributed by atoms with E-state index >= 15 is 0 Å². The van der Waals surface area contributed by atoms with Gasteiger partial charge in [0.2, 0.25) is 5.91 Å². The SMILES string of the molecule is O=C(O)CCCCCCNC(=O)C1(c2cc(C(F)(F)F)ccc2Cl)CC1. The number of hydrogen-bond donors (Lipinski definition) is 2. The lowest BCUT2D eigenvalue weighted by atomic mass is 9.93. The number of unbranched alkanes of at least 4 members (excludes halogenated alkanes) is 3. The third kappa shape index (κ3) is 5.13. The number of halogens is 4. The lowest BCUT2D eigenvalue weighted by Crippen LogP contribution is -2.35. The molecule has 2 N–H and O–H groups in total. The quantitative estimate of drug-likeness (QED) is 0.607. The van der Waals surface area contributed by atoms with E-state index < -0.39 is 23.1 Å². The van der Waals surface area contributed by atoms with Gasteiger partial charge in [-0.3, -0.25) is 9.59 Å². The molecule has 1 aromatic carbocycles. The first-order chi connectivity index (χ1) is 12.2. The van der Waals surface area contributed by atoms with Crippen LogP contribution < -0.4 is 5.32 Å². The second kappa shape index (κ2) is 8.29. The molecule has 0 radical (unpaired) electrons. The first-order valence-electron chi connectivity index (χ1n) is 8.54. The van der Waals surface area contributed by atoms with Gasteiger partial charge in [0.25, 0.3) is 0 Å². The molecule has 26 heavy (non-hydrogen) atoms. The zero-order chi connectivity index (χ0) is 19.4. The molecule has 0 aromatic heterocycles. The number of alkyl halides is 3. The van der Waals surface area contributed by atoms with E-state index in [0.29, 0.717) is 32.2 Å². The minimum atomic E-state index is -4.48. The predicted octanol–water partition coefficient (Wildman–Crippen LogP) is 4.54. The summed E-state index contributed by atoms with van der Waals surface area (Å²) in [6.45, 7) is 0.407. The number of nitrogens with one attached hydrogen (secondary N) is 1. The molecule has 1 saturated carbocycles. The Hall–Kier alpha value is -1.76. The summed E-state index contributed by atoms with van der Waals surface area (Å²) >= 11 is 6.06. The van der Waals surface area contributed by atoms with Crippen molar-refractivity contribution in [2.24, 2.45) is 0 Å². The molecule has 1 amide bonds. The molecule has 0 unspecified atom stereocenters. The number of carbonyl (C=O) groups excluding carboxylic acids is 1. The van der Waals surface area contributed by atoms with E-state index in [1.54, 1.807) is 0 Å². The van der Waals surface area contributed by atoms with Crippen LogP contribution in [0.15, 0.2) is 18.2 Å². The molecule has 0 atom stereocenters. The number of carboxylic acid groups (broad SMARTS) is 1. The van der Waals surface area contributed by atoms with Crippen LogP contribution >= 0.6 is 11.6 Å². The Morgan fingerprint density at radius 2 is 1.81 bits per heavy atom. The molecule has 1 aromatic rings. The van der Waals surface area contributed by atoms with Gasteiger partial charge in [-0.1, -0.05) is 24.4 Å². The summed E-state index contributed by atoms with van der Waals surface area (Å²) in [5.41, 5.74) is -1.55. The van der Waals surface area contributed by atoms with E-state index in [2.05, 4.69) is 5.32 Å². The highest BCUT2D eigenvalue weighted by atomic mass is 35.5. The number of benzene rings is 1. The Morgan fingerprint density at radius 3 is 2.38 bits per heavy atom. The second-order valence-electron chi connectivity index (χ2n) is 6.59. The lowest BCUT2D eigenvalue weighted by Gasteiger charge is -2.19. The highest BCUT2D eigenvalue weighted by Crippen LogP contribution is 2.51. The molecule has 4 nitrogen and oxygen atoms in total. The van der Waals surface area contributed by atoms with Crippen LogP contribution in [0, 0.1) is 0 Å². The molecule has 1 fully saturated rings. The van der Waals surface area contributed by atoms with E-state index in [1.165, 1.54) is 6.07 Å². The van der Waals surface area contributed by atoms with Crippen molar-refractivity contribution in [3.63, 3.8) is 0 Å². The van der Waals surface area contributed by atoms with Crippen molar-refractivity contribution >= 4 is 23.5 Å². The molecule has 2 rings (SSSR count). The van der Waals surface area contributed by atoms with Crippen molar-refractivity contribution in [2.45, 2.75) is 56.5 Å². The minimum absolute atomic E-state index is 0.128. The van der Waals surface area contributed by atoms with Gasteiger partial charge in [0.1, 0.15) is 0 Å². The summed E-state index contributed by atoms with van der Waals surface area (Å²) in [5, 5.41) is 11.5. The summed E-state index contributed by atoms with van der Waals surface area (Å²) in [6.07, 6.45) is -0.592. The fourth-order valence-electron chi connectivity index (χ4n) is 2.94. The zero-order valence-electron chi connectivity index (χ0n) is 14.2. The third-order valence-electron chi connectivity index (χ3n) is 4.60. The second-order valence-corrected chi connectivity index (χ2v) is 7.00. The van der Waals surface area contributed by atoms with Crippen molar-refractivity contribution in [1.82, 2.24) is 5.32 Å². The Labute approximate surface area is 154 Å². The van der Waals surface area contributed by atoms with Crippen molar-refractivity contribution in [3.8, 4) is 0 Å². The first kappa shape index (κ1) is 20.6. The molecular formula is C18H21ClF3NO3. The molecule has 1 aliphatic rings. The summed E-state index contributed by atoms with van der Waals surface area (Å²) in [7, 11) is 0. The Balaban J connectivity index is 1.90.